The molecule has 0 rings (SSSR count). The summed E-state index contributed by atoms with van der Waals surface area (Å²) in [4.78, 5) is 13.5. The molecule has 0 aliphatic rings. The van der Waals surface area contributed by atoms with Crippen LogP contribution in [0.15, 0.2) is 5.22 Å². The Balaban J connectivity index is 4.68. The van der Waals surface area contributed by atoms with Crippen molar-refractivity contribution < 1.29 is 13.6 Å². The number of hydrogen-bond acceptors (Lipinski definition) is 4. The Kier molecular flexibility index (Phi) is 6.50. The van der Waals surface area contributed by atoms with E-state index in [-0.39, 0.29) is 6.17 Å². The maximum Gasteiger partial charge on any atom is 0.409 e. The number of hydrogen-bond donors (Lipinski definition) is 1. The SMILES string of the molecule is CCO[Si](C)(CN(N=[N+]=[N-])C(N)=O)OCC. The number of nitrogens with zero attached hydrogens (tertiary/aromatic N) is 4. The quantitative estimate of drug-likeness (QED) is 0.240. The zero-order chi connectivity index (χ0) is 12.6. The standard InChI is InChI=1S/C7H17N5O3Si/c1-4-14-16(3,15-5-2)6-12(7(8)13)11-10-9/h4-6H2,1-3H3,(H2,8,13). The van der Waals surface area contributed by atoms with Crippen LogP contribution in [0.4, 0.5) is 4.79 Å². The predicted molar refractivity (Wildman–Crippen MR) is 60.3 cm³/mol. The van der Waals surface area contributed by atoms with Crippen LogP contribution in [0.3, 0.4) is 0 Å². The monoisotopic (exact) mass is 247 g/mol. The van der Waals surface area contributed by atoms with Gasteiger partial charge in [0.1, 0.15) is 6.17 Å². The first kappa shape index (κ1) is 14.7. The molecule has 0 aliphatic heterocycles. The van der Waals surface area contributed by atoms with Crippen LogP contribution < -0.4 is 5.73 Å². The van der Waals surface area contributed by atoms with Crippen molar-refractivity contribution >= 4 is 14.6 Å². The highest BCUT2D eigenvalue weighted by molar-refractivity contribution is 6.66. The molecule has 2 N–H and O–H groups in total. The lowest BCUT2D eigenvalue weighted by Gasteiger charge is -2.26. The van der Waals surface area contributed by atoms with Gasteiger partial charge in [-0.15, -0.1) is 5.53 Å². The number of primary amides is 1. The van der Waals surface area contributed by atoms with Gasteiger partial charge in [-0.1, -0.05) is 0 Å². The van der Waals surface area contributed by atoms with Crippen LogP contribution in [0.1, 0.15) is 13.8 Å². The average molecular weight is 247 g/mol. The fourth-order valence-corrected chi connectivity index (χ4v) is 3.47. The number of rotatable bonds is 7. The summed E-state index contributed by atoms with van der Waals surface area (Å²) in [6.07, 6.45) is 0.0775. The summed E-state index contributed by atoms with van der Waals surface area (Å²) >= 11 is 0. The van der Waals surface area contributed by atoms with E-state index >= 15 is 0 Å². The molecular formula is C7H17N5O3Si. The third kappa shape index (κ3) is 4.98. The van der Waals surface area contributed by atoms with Crippen molar-refractivity contribution in [3.05, 3.63) is 10.4 Å². The minimum absolute atomic E-state index is 0.0775. The van der Waals surface area contributed by atoms with E-state index in [2.05, 4.69) is 10.1 Å². The molecule has 2 amide bonds. The van der Waals surface area contributed by atoms with E-state index in [1.54, 1.807) is 6.55 Å². The largest absolute Gasteiger partial charge is 0.409 e. The van der Waals surface area contributed by atoms with E-state index in [1.165, 1.54) is 0 Å². The Labute approximate surface area is 95.1 Å². The Morgan fingerprint density at radius 1 is 1.50 bits per heavy atom. The fraction of sp³-hybridized carbons (Fsp3) is 0.857. The molecule has 0 heterocycles. The zero-order valence-electron chi connectivity index (χ0n) is 9.71. The summed E-state index contributed by atoms with van der Waals surface area (Å²) in [7, 11) is -2.55. The van der Waals surface area contributed by atoms with Crippen LogP contribution in [0.25, 0.3) is 10.4 Å². The normalized spacial score (nSPS) is 10.7. The molecule has 0 atom stereocenters. The van der Waals surface area contributed by atoms with E-state index in [9.17, 15) is 4.79 Å². The van der Waals surface area contributed by atoms with Crippen molar-refractivity contribution in [3.8, 4) is 0 Å². The summed E-state index contributed by atoms with van der Waals surface area (Å²) in [5.74, 6) is 0. The van der Waals surface area contributed by atoms with E-state index in [0.717, 1.165) is 5.01 Å². The maximum atomic E-state index is 11.0. The number of carbonyl (C=O) groups excluding carboxylic acids is 1. The van der Waals surface area contributed by atoms with Crippen LogP contribution >= 0.6 is 0 Å². The molecule has 0 unspecified atom stereocenters. The molecule has 16 heavy (non-hydrogen) atoms. The van der Waals surface area contributed by atoms with E-state index in [4.69, 9.17) is 20.1 Å². The minimum Gasteiger partial charge on any atom is -0.392 e. The molecule has 0 saturated carbocycles. The van der Waals surface area contributed by atoms with Gasteiger partial charge in [0.2, 0.25) is 0 Å². The lowest BCUT2D eigenvalue weighted by atomic mass is 10.9. The number of nitrogens with two attached hydrogens (primary N) is 1. The van der Waals surface area contributed by atoms with Crippen LogP contribution in [0.2, 0.25) is 6.55 Å². The first-order valence-electron chi connectivity index (χ1n) is 4.89. The van der Waals surface area contributed by atoms with Crippen molar-refractivity contribution in [3.63, 3.8) is 0 Å². The molecule has 0 bridgehead atoms. The van der Waals surface area contributed by atoms with Gasteiger partial charge >= 0.3 is 14.6 Å². The molecule has 0 fully saturated rings. The van der Waals surface area contributed by atoms with Gasteiger partial charge < -0.3 is 14.6 Å². The lowest BCUT2D eigenvalue weighted by Crippen LogP contribution is -2.51. The highest BCUT2D eigenvalue weighted by atomic mass is 28.4. The van der Waals surface area contributed by atoms with E-state index in [0.29, 0.717) is 13.2 Å². The molecule has 0 radical (unpaired) electrons. The molecule has 0 aromatic heterocycles. The Bertz CT molecular complexity index is 273. The fourth-order valence-electron chi connectivity index (χ4n) is 1.22. The molecule has 0 aliphatic carbocycles. The van der Waals surface area contributed by atoms with Crippen molar-refractivity contribution in [1.29, 1.82) is 0 Å². The van der Waals surface area contributed by atoms with Crippen molar-refractivity contribution in [2.45, 2.75) is 20.4 Å². The lowest BCUT2D eigenvalue weighted by molar-refractivity contribution is 0.165. The Hall–Kier alpha value is -1.28. The van der Waals surface area contributed by atoms with Crippen molar-refractivity contribution in [1.82, 2.24) is 5.01 Å². The predicted octanol–water partition coefficient (Wildman–Crippen LogP) is 1.28. The molecular weight excluding hydrogens is 230 g/mol. The Morgan fingerprint density at radius 3 is 2.31 bits per heavy atom. The minimum atomic E-state index is -2.55. The topological polar surface area (TPSA) is 114 Å². The second-order valence-electron chi connectivity index (χ2n) is 3.07. The van der Waals surface area contributed by atoms with E-state index in [1.807, 2.05) is 13.8 Å². The second kappa shape index (κ2) is 7.07. The van der Waals surface area contributed by atoms with Gasteiger partial charge in [0.25, 0.3) is 0 Å². The van der Waals surface area contributed by atoms with Crippen molar-refractivity contribution in [2.24, 2.45) is 11.0 Å². The van der Waals surface area contributed by atoms with Gasteiger partial charge in [-0.3, -0.25) is 0 Å². The van der Waals surface area contributed by atoms with Crippen LogP contribution in [-0.4, -0.2) is 39.0 Å². The molecule has 0 aromatic carbocycles. The molecule has 0 aromatic rings. The summed E-state index contributed by atoms with van der Waals surface area (Å²) < 4.78 is 11.0. The number of amides is 2. The van der Waals surface area contributed by atoms with Crippen LogP contribution in [-0.2, 0) is 8.85 Å². The highest BCUT2D eigenvalue weighted by Crippen LogP contribution is 2.10. The van der Waals surface area contributed by atoms with Gasteiger partial charge in [0.05, 0.1) is 0 Å². The first-order valence-corrected chi connectivity index (χ1v) is 7.41. The zero-order valence-corrected chi connectivity index (χ0v) is 10.7. The summed E-state index contributed by atoms with van der Waals surface area (Å²) in [6, 6.07) is -0.823. The van der Waals surface area contributed by atoms with Gasteiger partial charge in [0.15, 0.2) is 0 Å². The summed E-state index contributed by atoms with van der Waals surface area (Å²) in [6.45, 7) is 6.36. The third-order valence-electron chi connectivity index (χ3n) is 1.74. The number of carbonyl (C=O) groups is 1. The smallest absolute Gasteiger partial charge is 0.392 e. The second-order valence-corrected chi connectivity index (χ2v) is 6.24. The number of azide groups is 1. The molecule has 92 valence electrons. The third-order valence-corrected chi connectivity index (χ3v) is 4.41. The first-order chi connectivity index (χ1) is 7.49. The Morgan fingerprint density at radius 2 is 2.00 bits per heavy atom. The summed E-state index contributed by atoms with van der Waals surface area (Å²) in [5.41, 5.74) is 13.3. The highest BCUT2D eigenvalue weighted by Gasteiger charge is 2.37. The van der Waals surface area contributed by atoms with Gasteiger partial charge in [-0.05, 0) is 25.6 Å². The average Bonchev–Trinajstić information content (AvgIpc) is 2.17. The molecule has 0 saturated heterocycles. The number of urea groups is 1. The van der Waals surface area contributed by atoms with Crippen molar-refractivity contribution in [2.75, 3.05) is 19.4 Å². The molecule has 9 heteroatoms. The van der Waals surface area contributed by atoms with Crippen LogP contribution in [0.5, 0.6) is 0 Å². The summed E-state index contributed by atoms with van der Waals surface area (Å²) in [5, 5.41) is 4.00. The molecule has 8 nitrogen and oxygen atoms in total. The van der Waals surface area contributed by atoms with E-state index < -0.39 is 14.6 Å². The van der Waals surface area contributed by atoms with Crippen LogP contribution in [0, 0.1) is 0 Å². The maximum absolute atomic E-state index is 11.0. The molecule has 0 spiro atoms. The van der Waals surface area contributed by atoms with Gasteiger partial charge in [0, 0.05) is 13.2 Å². The van der Waals surface area contributed by atoms with Gasteiger partial charge in [-0.25, -0.2) is 4.79 Å². The van der Waals surface area contributed by atoms with Gasteiger partial charge in [-0.2, -0.15) is 9.92 Å².